The number of halogens is 1. The number of benzene rings is 2. The molecule has 7 rings (SSSR count). The summed E-state index contributed by atoms with van der Waals surface area (Å²) in [5.74, 6) is 2.02. The molecule has 0 radical (unpaired) electrons. The van der Waals surface area contributed by atoms with Gasteiger partial charge in [-0.05, 0) is 159 Å². The summed E-state index contributed by atoms with van der Waals surface area (Å²) in [6.45, 7) is 23.6. The van der Waals surface area contributed by atoms with Crippen molar-refractivity contribution < 1.29 is 19.1 Å². The Morgan fingerprint density at radius 3 is 2.19 bits per heavy atom. The van der Waals surface area contributed by atoms with E-state index in [1.807, 2.05) is 51.1 Å². The third kappa shape index (κ3) is 6.13. The fraction of sp³-hybridized carbons (Fsp3) is 0.625. The maximum Gasteiger partial charge on any atom is 0.338 e. The standard InChI is InChI=1S/C48H63BrO4/c1-31(29-49)35-21-26-48(42(51)52-30-32-13-11-10-12-14-32)28-27-46(8)37(40(35)48)19-20-39-45(7)24-22-36(44(5,6)38(45)23-25-47(39,46)9)33-15-17-34(18-16-33)41(50)53-43(2,3)4/h10-18,22,35,37-40H,1,19-21,23-30H2,2-9H3. The number of carbonyl (C=O) groups is 2. The lowest BCUT2D eigenvalue weighted by molar-refractivity contribution is -0.229. The van der Waals surface area contributed by atoms with E-state index in [9.17, 15) is 9.59 Å². The minimum Gasteiger partial charge on any atom is -0.460 e. The van der Waals surface area contributed by atoms with Crippen LogP contribution >= 0.6 is 15.9 Å². The second kappa shape index (κ2) is 13.5. The summed E-state index contributed by atoms with van der Waals surface area (Å²) in [4.78, 5) is 27.2. The van der Waals surface area contributed by atoms with Crippen molar-refractivity contribution >= 4 is 33.4 Å². The highest BCUT2D eigenvalue weighted by molar-refractivity contribution is 9.09. The molecule has 0 aliphatic heterocycles. The highest BCUT2D eigenvalue weighted by atomic mass is 79.9. The second-order valence-electron chi connectivity index (χ2n) is 20.0. The summed E-state index contributed by atoms with van der Waals surface area (Å²) >= 11 is 3.78. The SMILES string of the molecule is C=C(CBr)C1CCC2(C(=O)OCc3ccccc3)CCC3(C)C(CCC4C5(C)CC=C(c6ccc(C(=O)OC(C)(C)C)cc6)C(C)(C)C5CCC43C)C12. The predicted molar refractivity (Wildman–Crippen MR) is 218 cm³/mol. The van der Waals surface area contributed by atoms with Crippen LogP contribution in [0.15, 0.2) is 72.8 Å². The molecule has 9 atom stereocenters. The first-order valence-corrected chi connectivity index (χ1v) is 21.5. The van der Waals surface area contributed by atoms with Crippen LogP contribution in [0.5, 0.6) is 0 Å². The molecule has 5 aliphatic rings. The van der Waals surface area contributed by atoms with E-state index < -0.39 is 11.0 Å². The van der Waals surface area contributed by atoms with E-state index in [0.29, 0.717) is 35.8 Å². The summed E-state index contributed by atoms with van der Waals surface area (Å²) in [7, 11) is 0. The van der Waals surface area contributed by atoms with Crippen LogP contribution in [0.25, 0.3) is 5.57 Å². The third-order valence-corrected chi connectivity index (χ3v) is 16.9. The van der Waals surface area contributed by atoms with Gasteiger partial charge in [-0.1, -0.05) is 111 Å². The van der Waals surface area contributed by atoms with E-state index in [1.54, 1.807) is 0 Å². The van der Waals surface area contributed by atoms with Gasteiger partial charge >= 0.3 is 11.9 Å². The van der Waals surface area contributed by atoms with Gasteiger partial charge < -0.3 is 9.47 Å². The summed E-state index contributed by atoms with van der Waals surface area (Å²) in [5, 5.41) is 0.792. The molecule has 53 heavy (non-hydrogen) atoms. The van der Waals surface area contributed by atoms with E-state index in [4.69, 9.17) is 9.47 Å². The van der Waals surface area contributed by atoms with E-state index in [1.165, 1.54) is 42.4 Å². The van der Waals surface area contributed by atoms with E-state index >= 15 is 0 Å². The second-order valence-corrected chi connectivity index (χ2v) is 20.5. The minimum atomic E-state index is -0.518. The number of fused-ring (bicyclic) bond motifs is 7. The van der Waals surface area contributed by atoms with Crippen molar-refractivity contribution in [3.8, 4) is 0 Å². The Labute approximate surface area is 328 Å². The van der Waals surface area contributed by atoms with Crippen LogP contribution in [0.2, 0.25) is 0 Å². The Morgan fingerprint density at radius 2 is 1.53 bits per heavy atom. The Hall–Kier alpha value is -2.66. The topological polar surface area (TPSA) is 52.6 Å². The van der Waals surface area contributed by atoms with E-state index in [0.717, 1.165) is 43.0 Å². The molecule has 0 aromatic heterocycles. The molecule has 0 bridgehead atoms. The number of alkyl halides is 1. The molecule has 2 aromatic carbocycles. The Balaban J connectivity index is 1.17. The Kier molecular flexibility index (Phi) is 9.85. The van der Waals surface area contributed by atoms with Gasteiger partial charge in [0, 0.05) is 5.33 Å². The van der Waals surface area contributed by atoms with Crippen LogP contribution in [0.1, 0.15) is 135 Å². The van der Waals surface area contributed by atoms with Gasteiger partial charge in [0.15, 0.2) is 0 Å². The molecule has 9 unspecified atom stereocenters. The van der Waals surface area contributed by atoms with Crippen molar-refractivity contribution in [3.63, 3.8) is 0 Å². The molecule has 4 fully saturated rings. The smallest absolute Gasteiger partial charge is 0.338 e. The largest absolute Gasteiger partial charge is 0.460 e. The van der Waals surface area contributed by atoms with Gasteiger partial charge in [-0.15, -0.1) is 0 Å². The number of ether oxygens (including phenoxy) is 2. The average Bonchev–Trinajstić information content (AvgIpc) is 3.51. The maximum absolute atomic E-state index is 14.4. The number of hydrogen-bond donors (Lipinski definition) is 0. The summed E-state index contributed by atoms with van der Waals surface area (Å²) in [5.41, 5.74) is 5.09. The van der Waals surface area contributed by atoms with Gasteiger partial charge in [-0.25, -0.2) is 4.79 Å². The number of esters is 2. The third-order valence-electron chi connectivity index (χ3n) is 16.2. The fourth-order valence-corrected chi connectivity index (χ4v) is 14.0. The predicted octanol–water partition coefficient (Wildman–Crippen LogP) is 12.4. The molecule has 0 heterocycles. The first-order valence-electron chi connectivity index (χ1n) is 20.4. The molecular formula is C48H63BrO4. The monoisotopic (exact) mass is 782 g/mol. The summed E-state index contributed by atoms with van der Waals surface area (Å²) in [6, 6.07) is 18.3. The van der Waals surface area contributed by atoms with Gasteiger partial charge in [0.25, 0.3) is 0 Å². The van der Waals surface area contributed by atoms with Crippen LogP contribution < -0.4 is 0 Å². The molecule has 5 aliphatic carbocycles. The van der Waals surface area contributed by atoms with Crippen molar-refractivity contribution in [2.75, 3.05) is 5.33 Å². The van der Waals surface area contributed by atoms with Crippen molar-refractivity contribution in [2.24, 2.45) is 56.7 Å². The van der Waals surface area contributed by atoms with Crippen molar-refractivity contribution in [2.45, 2.75) is 125 Å². The normalized spacial score (nSPS) is 37.2. The average molecular weight is 784 g/mol. The number of allylic oxidation sites excluding steroid dienone is 3. The number of rotatable bonds is 7. The van der Waals surface area contributed by atoms with E-state index in [2.05, 4.69) is 87.5 Å². The zero-order chi connectivity index (χ0) is 38.2. The first-order chi connectivity index (χ1) is 24.9. The van der Waals surface area contributed by atoms with Gasteiger partial charge in [-0.2, -0.15) is 0 Å². The van der Waals surface area contributed by atoms with Crippen LogP contribution in [0.4, 0.5) is 0 Å². The first kappa shape index (κ1) is 38.6. The lowest BCUT2D eigenvalue weighted by Crippen LogP contribution is -2.66. The molecule has 0 spiro atoms. The van der Waals surface area contributed by atoms with Crippen LogP contribution in [-0.2, 0) is 20.9 Å². The molecule has 286 valence electrons. The quantitative estimate of drug-likeness (QED) is 0.159. The van der Waals surface area contributed by atoms with Crippen LogP contribution in [-0.4, -0.2) is 22.9 Å². The molecule has 4 saturated carbocycles. The van der Waals surface area contributed by atoms with Crippen LogP contribution in [0, 0.1) is 56.7 Å². The highest BCUT2D eigenvalue weighted by Crippen LogP contribution is 2.78. The Bertz CT molecular complexity index is 1770. The molecule has 0 N–H and O–H groups in total. The van der Waals surface area contributed by atoms with Crippen molar-refractivity contribution in [3.05, 3.63) is 89.5 Å². The fourth-order valence-electron chi connectivity index (χ4n) is 13.6. The minimum absolute atomic E-state index is 0.00604. The summed E-state index contributed by atoms with van der Waals surface area (Å²) < 4.78 is 11.9. The van der Waals surface area contributed by atoms with E-state index in [-0.39, 0.29) is 39.5 Å². The zero-order valence-electron chi connectivity index (χ0n) is 33.7. The lowest BCUT2D eigenvalue weighted by Gasteiger charge is -2.72. The molecule has 5 heteroatoms. The van der Waals surface area contributed by atoms with Gasteiger partial charge in [0.1, 0.15) is 12.2 Å². The molecule has 2 aromatic rings. The van der Waals surface area contributed by atoms with Gasteiger partial charge in [-0.3, -0.25) is 4.79 Å². The van der Waals surface area contributed by atoms with Crippen molar-refractivity contribution in [1.29, 1.82) is 0 Å². The number of hydrogen-bond acceptors (Lipinski definition) is 4. The Morgan fingerprint density at radius 1 is 0.830 bits per heavy atom. The lowest BCUT2D eigenvalue weighted by atomic mass is 9.32. The summed E-state index contributed by atoms with van der Waals surface area (Å²) in [6.07, 6.45) is 12.4. The zero-order valence-corrected chi connectivity index (χ0v) is 35.2. The number of carbonyl (C=O) groups excluding carboxylic acids is 2. The highest BCUT2D eigenvalue weighted by Gasteiger charge is 2.72. The molecular weight excluding hydrogens is 720 g/mol. The van der Waals surface area contributed by atoms with Crippen molar-refractivity contribution in [1.82, 2.24) is 0 Å². The molecule has 4 nitrogen and oxygen atoms in total. The maximum atomic E-state index is 14.4. The van der Waals surface area contributed by atoms with Crippen LogP contribution in [0.3, 0.4) is 0 Å². The molecule has 0 saturated heterocycles. The van der Waals surface area contributed by atoms with Gasteiger partial charge in [0.2, 0.25) is 0 Å². The van der Waals surface area contributed by atoms with Gasteiger partial charge in [0.05, 0.1) is 11.0 Å². The molecule has 0 amide bonds.